The van der Waals surface area contributed by atoms with Crippen LogP contribution in [0.15, 0.2) is 36.9 Å². The van der Waals surface area contributed by atoms with Crippen LogP contribution in [0.3, 0.4) is 0 Å². The van der Waals surface area contributed by atoms with Gasteiger partial charge in [0.25, 0.3) is 0 Å². The average molecular weight is 233 g/mol. The lowest BCUT2D eigenvalue weighted by molar-refractivity contribution is -0.110. The molecule has 0 aliphatic heterocycles. The van der Waals surface area contributed by atoms with Gasteiger partial charge in [0.05, 0.1) is 6.54 Å². The fraction of sp³-hybridized carbons (Fsp3) is 0.333. The lowest BCUT2D eigenvalue weighted by Crippen LogP contribution is -2.20. The summed E-state index contributed by atoms with van der Waals surface area (Å²) in [4.78, 5) is 8.32. The molecule has 90 valence electrons. The molecule has 0 unspecified atom stereocenters. The van der Waals surface area contributed by atoms with Crippen molar-refractivity contribution in [1.29, 1.82) is 0 Å². The number of methoxy groups -OCH3 is 2. The number of pyridine rings is 1. The van der Waals surface area contributed by atoms with E-state index < -0.39 is 0 Å². The average Bonchev–Trinajstić information content (AvgIpc) is 2.85. The molecule has 0 saturated carbocycles. The first-order valence-corrected chi connectivity index (χ1v) is 5.32. The van der Waals surface area contributed by atoms with Gasteiger partial charge in [-0.25, -0.2) is 4.98 Å². The topological polar surface area (TPSA) is 49.2 Å². The van der Waals surface area contributed by atoms with Crippen LogP contribution in [0.4, 0.5) is 0 Å². The van der Waals surface area contributed by atoms with E-state index in [1.807, 2.05) is 22.9 Å². The van der Waals surface area contributed by atoms with E-state index in [2.05, 4.69) is 9.97 Å². The minimum Gasteiger partial charge on any atom is -0.354 e. The summed E-state index contributed by atoms with van der Waals surface area (Å²) in [6.07, 6.45) is 6.89. The molecule has 0 amide bonds. The van der Waals surface area contributed by atoms with Crippen LogP contribution in [-0.4, -0.2) is 35.0 Å². The third-order valence-electron chi connectivity index (χ3n) is 2.53. The number of imidazole rings is 1. The Kier molecular flexibility index (Phi) is 3.85. The number of nitrogens with zero attached hydrogens (tertiary/aromatic N) is 3. The molecule has 17 heavy (non-hydrogen) atoms. The molecule has 0 saturated heterocycles. The van der Waals surface area contributed by atoms with Crippen LogP contribution in [0.2, 0.25) is 0 Å². The Morgan fingerprint density at radius 2 is 1.88 bits per heavy atom. The van der Waals surface area contributed by atoms with E-state index in [1.165, 1.54) is 0 Å². The van der Waals surface area contributed by atoms with Crippen molar-refractivity contribution in [2.45, 2.75) is 12.8 Å². The van der Waals surface area contributed by atoms with E-state index in [0.717, 1.165) is 11.4 Å². The van der Waals surface area contributed by atoms with E-state index >= 15 is 0 Å². The zero-order valence-electron chi connectivity index (χ0n) is 9.91. The first-order chi connectivity index (χ1) is 8.35. The van der Waals surface area contributed by atoms with E-state index in [4.69, 9.17) is 9.47 Å². The Bertz CT molecular complexity index is 452. The van der Waals surface area contributed by atoms with Crippen molar-refractivity contribution in [2.24, 2.45) is 0 Å². The van der Waals surface area contributed by atoms with E-state index in [1.54, 1.807) is 32.8 Å². The third kappa shape index (κ3) is 2.69. The fourth-order valence-electron chi connectivity index (χ4n) is 1.62. The molecule has 5 nitrogen and oxygen atoms in total. The molecule has 5 heteroatoms. The predicted molar refractivity (Wildman–Crippen MR) is 63.3 cm³/mol. The van der Waals surface area contributed by atoms with Gasteiger partial charge in [0.2, 0.25) is 0 Å². The first kappa shape index (κ1) is 11.8. The van der Waals surface area contributed by atoms with Crippen molar-refractivity contribution in [2.75, 3.05) is 14.2 Å². The molecule has 0 radical (unpaired) electrons. The van der Waals surface area contributed by atoms with Gasteiger partial charge in [-0.05, 0) is 12.1 Å². The molecule has 2 heterocycles. The first-order valence-electron chi connectivity index (χ1n) is 5.32. The second-order valence-electron chi connectivity index (χ2n) is 3.54. The molecule has 2 aromatic rings. The molecule has 0 aliphatic rings. The number of hydrogen-bond donors (Lipinski definition) is 0. The molecule has 0 aromatic carbocycles. The smallest absolute Gasteiger partial charge is 0.174 e. The van der Waals surface area contributed by atoms with Gasteiger partial charge in [-0.1, -0.05) is 0 Å². The second-order valence-corrected chi connectivity index (χ2v) is 3.54. The number of hydrogen-bond acceptors (Lipinski definition) is 4. The molecular weight excluding hydrogens is 218 g/mol. The van der Waals surface area contributed by atoms with Crippen molar-refractivity contribution >= 4 is 0 Å². The van der Waals surface area contributed by atoms with Gasteiger partial charge >= 0.3 is 0 Å². The van der Waals surface area contributed by atoms with E-state index in [9.17, 15) is 0 Å². The van der Waals surface area contributed by atoms with Crippen LogP contribution in [0.1, 0.15) is 0 Å². The summed E-state index contributed by atoms with van der Waals surface area (Å²) in [5.41, 5.74) is 1.02. The summed E-state index contributed by atoms with van der Waals surface area (Å²) in [7, 11) is 3.24. The van der Waals surface area contributed by atoms with Crippen LogP contribution in [0.5, 0.6) is 0 Å². The summed E-state index contributed by atoms with van der Waals surface area (Å²) in [6, 6.07) is 3.85. The van der Waals surface area contributed by atoms with Gasteiger partial charge < -0.3 is 14.0 Å². The van der Waals surface area contributed by atoms with Crippen molar-refractivity contribution in [3.8, 4) is 11.4 Å². The highest BCUT2D eigenvalue weighted by molar-refractivity contribution is 5.54. The second kappa shape index (κ2) is 5.56. The Morgan fingerprint density at radius 1 is 1.18 bits per heavy atom. The highest BCUT2D eigenvalue weighted by atomic mass is 16.7. The van der Waals surface area contributed by atoms with Crippen molar-refractivity contribution in [3.63, 3.8) is 0 Å². The summed E-state index contributed by atoms with van der Waals surface area (Å²) in [5.74, 6) is 0.881. The van der Waals surface area contributed by atoms with Crippen LogP contribution in [-0.2, 0) is 16.0 Å². The number of ether oxygens (including phenoxy) is 2. The monoisotopic (exact) mass is 233 g/mol. The van der Waals surface area contributed by atoms with Gasteiger partial charge in [0.15, 0.2) is 6.29 Å². The van der Waals surface area contributed by atoms with E-state index in [-0.39, 0.29) is 6.29 Å². The maximum absolute atomic E-state index is 5.18. The Hall–Kier alpha value is -1.72. The summed E-state index contributed by atoms with van der Waals surface area (Å²) in [5, 5.41) is 0. The van der Waals surface area contributed by atoms with Crippen molar-refractivity contribution in [1.82, 2.24) is 14.5 Å². The lowest BCUT2D eigenvalue weighted by Gasteiger charge is -2.15. The Balaban J connectivity index is 2.23. The zero-order valence-corrected chi connectivity index (χ0v) is 9.91. The summed E-state index contributed by atoms with van der Waals surface area (Å²) < 4.78 is 12.4. The molecule has 2 aromatic heterocycles. The molecule has 0 N–H and O–H groups in total. The quantitative estimate of drug-likeness (QED) is 0.735. The minimum absolute atomic E-state index is 0.273. The predicted octanol–water partition coefficient (Wildman–Crippen LogP) is 1.56. The SMILES string of the molecule is COC(Cn1ccnc1-c1ccncc1)OC. The largest absolute Gasteiger partial charge is 0.354 e. The van der Waals surface area contributed by atoms with Crippen molar-refractivity contribution < 1.29 is 9.47 Å². The molecule has 0 atom stereocenters. The Morgan fingerprint density at radius 3 is 2.53 bits per heavy atom. The van der Waals surface area contributed by atoms with Gasteiger partial charge in [0.1, 0.15) is 5.82 Å². The van der Waals surface area contributed by atoms with Gasteiger partial charge in [0, 0.05) is 44.6 Å². The van der Waals surface area contributed by atoms with Crippen LogP contribution in [0, 0.1) is 0 Å². The normalized spacial score (nSPS) is 11.0. The molecule has 0 aliphatic carbocycles. The van der Waals surface area contributed by atoms with Crippen molar-refractivity contribution in [3.05, 3.63) is 36.9 Å². The maximum Gasteiger partial charge on any atom is 0.174 e. The number of aromatic nitrogens is 3. The number of rotatable bonds is 5. The maximum atomic E-state index is 5.18. The molecule has 0 fully saturated rings. The molecular formula is C12H15N3O2. The van der Waals surface area contributed by atoms with E-state index in [0.29, 0.717) is 6.54 Å². The lowest BCUT2D eigenvalue weighted by atomic mass is 10.2. The fourth-order valence-corrected chi connectivity index (χ4v) is 1.62. The molecule has 0 spiro atoms. The highest BCUT2D eigenvalue weighted by Crippen LogP contribution is 2.16. The standard InChI is InChI=1S/C12H15N3O2/c1-16-11(17-2)9-15-8-7-14-12(15)10-3-5-13-6-4-10/h3-8,11H,9H2,1-2H3. The zero-order chi connectivity index (χ0) is 12.1. The summed E-state index contributed by atoms with van der Waals surface area (Å²) >= 11 is 0. The highest BCUT2D eigenvalue weighted by Gasteiger charge is 2.10. The Labute approximate surface area is 100 Å². The van der Waals surface area contributed by atoms with Gasteiger partial charge in [-0.3, -0.25) is 4.98 Å². The molecule has 2 rings (SSSR count). The van der Waals surface area contributed by atoms with Crippen LogP contribution in [0.25, 0.3) is 11.4 Å². The van der Waals surface area contributed by atoms with Crippen LogP contribution < -0.4 is 0 Å². The molecule has 0 bridgehead atoms. The van der Waals surface area contributed by atoms with Gasteiger partial charge in [-0.15, -0.1) is 0 Å². The van der Waals surface area contributed by atoms with Crippen LogP contribution >= 0.6 is 0 Å². The summed E-state index contributed by atoms with van der Waals surface area (Å²) in [6.45, 7) is 0.602. The van der Waals surface area contributed by atoms with Gasteiger partial charge in [-0.2, -0.15) is 0 Å². The third-order valence-corrected chi connectivity index (χ3v) is 2.53. The minimum atomic E-state index is -0.273.